The van der Waals surface area contributed by atoms with Gasteiger partial charge in [-0.15, -0.1) is 0 Å². The third-order valence-corrected chi connectivity index (χ3v) is 4.75. The van der Waals surface area contributed by atoms with Gasteiger partial charge in [-0.2, -0.15) is 0 Å². The van der Waals surface area contributed by atoms with Crippen molar-refractivity contribution >= 4 is 5.91 Å². The number of piperidine rings is 1. The zero-order valence-electron chi connectivity index (χ0n) is 12.4. The van der Waals surface area contributed by atoms with Crippen molar-refractivity contribution in [3.05, 3.63) is 35.4 Å². The van der Waals surface area contributed by atoms with Gasteiger partial charge in [0.05, 0.1) is 6.04 Å². The maximum absolute atomic E-state index is 12.7. The Morgan fingerprint density at radius 1 is 1.33 bits per heavy atom. The summed E-state index contributed by atoms with van der Waals surface area (Å²) in [4.78, 5) is 14.7. The molecule has 2 aliphatic rings. The van der Waals surface area contributed by atoms with E-state index in [0.717, 1.165) is 45.3 Å². The zero-order chi connectivity index (χ0) is 14.7. The molecule has 2 atom stereocenters. The molecule has 0 aliphatic carbocycles. The van der Waals surface area contributed by atoms with Gasteiger partial charge in [0, 0.05) is 26.2 Å². The molecule has 1 unspecified atom stereocenters. The Balaban J connectivity index is 1.63. The minimum absolute atomic E-state index is 0.0900. The Labute approximate surface area is 126 Å². The van der Waals surface area contributed by atoms with E-state index in [9.17, 15) is 4.79 Å². The summed E-state index contributed by atoms with van der Waals surface area (Å²) < 4.78 is 0. The highest BCUT2D eigenvalue weighted by molar-refractivity contribution is 5.82. The molecule has 3 rings (SSSR count). The van der Waals surface area contributed by atoms with Crippen molar-refractivity contribution in [2.45, 2.75) is 38.3 Å². The van der Waals surface area contributed by atoms with E-state index in [1.165, 1.54) is 11.1 Å². The van der Waals surface area contributed by atoms with Crippen LogP contribution < -0.4 is 5.32 Å². The van der Waals surface area contributed by atoms with E-state index in [1.807, 2.05) is 17.0 Å². The standard InChI is InChI=1S/C17H24N2O2/c20-9-7-13-4-3-8-19(12-13)17(21)16-10-14-5-1-2-6-15(14)11-18-16/h1-2,5-6,13,16,18,20H,3-4,7-12H2/t13?,16-/m0/s1. The van der Waals surface area contributed by atoms with E-state index in [-0.39, 0.29) is 18.6 Å². The minimum atomic E-state index is -0.0900. The molecule has 1 aromatic rings. The van der Waals surface area contributed by atoms with Crippen LogP contribution in [0.2, 0.25) is 0 Å². The number of amides is 1. The second-order valence-electron chi connectivity index (χ2n) is 6.21. The first kappa shape index (κ1) is 14.5. The first-order valence-corrected chi connectivity index (χ1v) is 7.97. The van der Waals surface area contributed by atoms with Crippen molar-refractivity contribution < 1.29 is 9.90 Å². The van der Waals surface area contributed by atoms with Gasteiger partial charge in [-0.25, -0.2) is 0 Å². The van der Waals surface area contributed by atoms with Crippen LogP contribution in [0.25, 0.3) is 0 Å². The molecule has 1 aromatic carbocycles. The van der Waals surface area contributed by atoms with Gasteiger partial charge in [0.2, 0.25) is 5.91 Å². The van der Waals surface area contributed by atoms with Gasteiger partial charge in [-0.05, 0) is 42.7 Å². The monoisotopic (exact) mass is 288 g/mol. The van der Waals surface area contributed by atoms with Crippen LogP contribution in [-0.4, -0.2) is 41.7 Å². The second-order valence-corrected chi connectivity index (χ2v) is 6.21. The molecule has 1 fully saturated rings. The summed E-state index contributed by atoms with van der Waals surface area (Å²) in [7, 11) is 0. The molecule has 21 heavy (non-hydrogen) atoms. The Bertz CT molecular complexity index is 501. The highest BCUT2D eigenvalue weighted by Crippen LogP contribution is 2.22. The van der Waals surface area contributed by atoms with Gasteiger partial charge in [0.25, 0.3) is 0 Å². The smallest absolute Gasteiger partial charge is 0.240 e. The van der Waals surface area contributed by atoms with Crippen LogP contribution >= 0.6 is 0 Å². The zero-order valence-corrected chi connectivity index (χ0v) is 12.4. The van der Waals surface area contributed by atoms with Gasteiger partial charge < -0.3 is 15.3 Å². The SMILES string of the molecule is O=C([C@@H]1Cc2ccccc2CN1)N1CCCC(CCO)C1. The molecule has 2 N–H and O–H groups in total. The lowest BCUT2D eigenvalue weighted by Gasteiger charge is -2.36. The van der Waals surface area contributed by atoms with Crippen LogP contribution in [0, 0.1) is 5.92 Å². The van der Waals surface area contributed by atoms with Crippen LogP contribution in [0.4, 0.5) is 0 Å². The summed E-state index contributed by atoms with van der Waals surface area (Å²) in [5, 5.41) is 12.5. The lowest BCUT2D eigenvalue weighted by Crippen LogP contribution is -2.52. The average molecular weight is 288 g/mol. The van der Waals surface area contributed by atoms with Crippen molar-refractivity contribution in [3.8, 4) is 0 Å². The molecule has 0 aromatic heterocycles. The second kappa shape index (κ2) is 6.58. The van der Waals surface area contributed by atoms with Crippen LogP contribution in [0.3, 0.4) is 0 Å². The third-order valence-electron chi connectivity index (χ3n) is 4.75. The fourth-order valence-electron chi connectivity index (χ4n) is 3.53. The van der Waals surface area contributed by atoms with Crippen LogP contribution in [0.15, 0.2) is 24.3 Å². The highest BCUT2D eigenvalue weighted by Gasteiger charge is 2.30. The molecule has 4 heteroatoms. The maximum atomic E-state index is 12.7. The van der Waals surface area contributed by atoms with Crippen molar-refractivity contribution in [2.75, 3.05) is 19.7 Å². The number of aliphatic hydroxyl groups is 1. The van der Waals surface area contributed by atoms with Gasteiger partial charge in [-0.3, -0.25) is 4.79 Å². The summed E-state index contributed by atoms with van der Waals surface area (Å²) in [6.07, 6.45) is 3.78. The summed E-state index contributed by atoms with van der Waals surface area (Å²) in [6.45, 7) is 2.67. The molecular formula is C17H24N2O2. The summed E-state index contributed by atoms with van der Waals surface area (Å²) in [5.74, 6) is 0.690. The Hall–Kier alpha value is -1.39. The molecule has 0 saturated carbocycles. The van der Waals surface area contributed by atoms with Crippen LogP contribution in [-0.2, 0) is 17.8 Å². The number of nitrogens with zero attached hydrogens (tertiary/aromatic N) is 1. The number of carbonyl (C=O) groups is 1. The van der Waals surface area contributed by atoms with Crippen molar-refractivity contribution in [2.24, 2.45) is 5.92 Å². The summed E-state index contributed by atoms with van der Waals surface area (Å²) in [5.41, 5.74) is 2.59. The number of aliphatic hydroxyl groups excluding tert-OH is 1. The number of likely N-dealkylation sites (tertiary alicyclic amines) is 1. The number of rotatable bonds is 3. The molecule has 0 bridgehead atoms. The van der Waals surface area contributed by atoms with E-state index in [0.29, 0.717) is 5.92 Å². The minimum Gasteiger partial charge on any atom is -0.396 e. The van der Waals surface area contributed by atoms with Gasteiger partial charge in [0.1, 0.15) is 0 Å². The van der Waals surface area contributed by atoms with Crippen molar-refractivity contribution in [1.82, 2.24) is 10.2 Å². The number of benzene rings is 1. The average Bonchev–Trinajstić information content (AvgIpc) is 2.54. The molecular weight excluding hydrogens is 264 g/mol. The van der Waals surface area contributed by atoms with Crippen molar-refractivity contribution in [1.29, 1.82) is 0 Å². The van der Waals surface area contributed by atoms with E-state index < -0.39 is 0 Å². The fraction of sp³-hybridized carbons (Fsp3) is 0.588. The lowest BCUT2D eigenvalue weighted by atomic mass is 9.92. The Morgan fingerprint density at radius 3 is 2.95 bits per heavy atom. The van der Waals surface area contributed by atoms with Crippen LogP contribution in [0.1, 0.15) is 30.4 Å². The largest absolute Gasteiger partial charge is 0.396 e. The van der Waals surface area contributed by atoms with E-state index in [4.69, 9.17) is 5.11 Å². The molecule has 1 saturated heterocycles. The first-order valence-electron chi connectivity index (χ1n) is 7.97. The highest BCUT2D eigenvalue weighted by atomic mass is 16.3. The first-order chi connectivity index (χ1) is 10.3. The predicted molar refractivity (Wildman–Crippen MR) is 81.8 cm³/mol. The maximum Gasteiger partial charge on any atom is 0.240 e. The number of nitrogens with one attached hydrogen (secondary N) is 1. The van der Waals surface area contributed by atoms with E-state index >= 15 is 0 Å². The molecule has 1 amide bonds. The molecule has 2 aliphatic heterocycles. The Kier molecular flexibility index (Phi) is 4.56. The molecule has 114 valence electrons. The molecule has 4 nitrogen and oxygen atoms in total. The topological polar surface area (TPSA) is 52.6 Å². The number of fused-ring (bicyclic) bond motifs is 1. The predicted octanol–water partition coefficient (Wildman–Crippen LogP) is 1.32. The van der Waals surface area contributed by atoms with E-state index in [2.05, 4.69) is 17.4 Å². The van der Waals surface area contributed by atoms with Gasteiger partial charge in [-0.1, -0.05) is 24.3 Å². The van der Waals surface area contributed by atoms with Gasteiger partial charge >= 0.3 is 0 Å². The van der Waals surface area contributed by atoms with Gasteiger partial charge in [0.15, 0.2) is 0 Å². The molecule has 2 heterocycles. The Morgan fingerprint density at radius 2 is 2.14 bits per heavy atom. The lowest BCUT2D eigenvalue weighted by molar-refractivity contribution is -0.135. The summed E-state index contributed by atoms with van der Waals surface area (Å²) in [6, 6.07) is 8.26. The number of carbonyl (C=O) groups excluding carboxylic acids is 1. The normalized spacial score (nSPS) is 25.5. The molecule has 0 spiro atoms. The third kappa shape index (κ3) is 3.27. The molecule has 0 radical (unpaired) electrons. The fourth-order valence-corrected chi connectivity index (χ4v) is 3.53. The van der Waals surface area contributed by atoms with Crippen molar-refractivity contribution in [3.63, 3.8) is 0 Å². The summed E-state index contributed by atoms with van der Waals surface area (Å²) >= 11 is 0. The quantitative estimate of drug-likeness (QED) is 0.882. The van der Waals surface area contributed by atoms with E-state index in [1.54, 1.807) is 0 Å². The number of hydrogen-bond donors (Lipinski definition) is 2. The number of hydrogen-bond acceptors (Lipinski definition) is 3. The van der Waals surface area contributed by atoms with Crippen LogP contribution in [0.5, 0.6) is 0 Å².